The minimum Gasteiger partial charge on any atom is -0.368 e. The third kappa shape index (κ3) is 3.31. The number of nitrogen functional groups attached to an aromatic ring is 1. The van der Waals surface area contributed by atoms with Crippen molar-refractivity contribution >= 4 is 11.8 Å². The first kappa shape index (κ1) is 15.6. The maximum atomic E-state index is 13.2. The van der Waals surface area contributed by atoms with Crippen molar-refractivity contribution in [3.8, 4) is 11.3 Å². The van der Waals surface area contributed by atoms with E-state index in [-0.39, 0.29) is 11.8 Å². The molecule has 0 atom stereocenters. The number of aryl methyl sites for hydroxylation is 1. The predicted octanol–water partition coefficient (Wildman–Crippen LogP) is 3.82. The van der Waals surface area contributed by atoms with Gasteiger partial charge in [-0.2, -0.15) is 4.98 Å². The van der Waals surface area contributed by atoms with Gasteiger partial charge in [0.25, 0.3) is 0 Å². The highest BCUT2D eigenvalue weighted by molar-refractivity contribution is 5.64. The van der Waals surface area contributed by atoms with E-state index in [9.17, 15) is 4.39 Å². The van der Waals surface area contributed by atoms with Crippen LogP contribution in [-0.2, 0) is 13.0 Å². The van der Waals surface area contributed by atoms with Crippen LogP contribution in [0.5, 0.6) is 0 Å². The number of nitrogens with zero attached hydrogens (tertiary/aromatic N) is 3. The molecule has 0 bridgehead atoms. The van der Waals surface area contributed by atoms with Crippen LogP contribution in [0.3, 0.4) is 0 Å². The number of aromatic nitrogens is 2. The molecule has 3 aromatic rings. The van der Waals surface area contributed by atoms with E-state index in [4.69, 9.17) is 5.73 Å². The van der Waals surface area contributed by atoms with Crippen LogP contribution in [-0.4, -0.2) is 16.5 Å². The molecular formula is C20H19FN4. The van der Waals surface area contributed by atoms with Crippen molar-refractivity contribution in [2.24, 2.45) is 0 Å². The van der Waals surface area contributed by atoms with E-state index in [1.165, 1.54) is 23.3 Å². The summed E-state index contributed by atoms with van der Waals surface area (Å²) in [5, 5.41) is 0. The summed E-state index contributed by atoms with van der Waals surface area (Å²) in [6.45, 7) is 1.71. The molecule has 25 heavy (non-hydrogen) atoms. The Hall–Kier alpha value is -2.95. The third-order valence-corrected chi connectivity index (χ3v) is 4.55. The first-order valence-corrected chi connectivity index (χ1v) is 8.41. The van der Waals surface area contributed by atoms with Gasteiger partial charge in [-0.05, 0) is 48.2 Å². The van der Waals surface area contributed by atoms with E-state index >= 15 is 0 Å². The van der Waals surface area contributed by atoms with Crippen molar-refractivity contribution in [3.05, 3.63) is 71.5 Å². The molecule has 126 valence electrons. The molecule has 0 fully saturated rings. The summed E-state index contributed by atoms with van der Waals surface area (Å²) in [4.78, 5) is 11.0. The highest BCUT2D eigenvalue weighted by Crippen LogP contribution is 2.26. The monoisotopic (exact) mass is 334 g/mol. The molecular weight excluding hydrogens is 315 g/mol. The molecule has 0 saturated carbocycles. The Balaban J connectivity index is 1.69. The molecule has 0 unspecified atom stereocenters. The van der Waals surface area contributed by atoms with Crippen LogP contribution in [0.15, 0.2) is 54.6 Å². The molecule has 2 heterocycles. The zero-order valence-corrected chi connectivity index (χ0v) is 13.8. The molecule has 2 N–H and O–H groups in total. The highest BCUT2D eigenvalue weighted by Gasteiger charge is 2.17. The quantitative estimate of drug-likeness (QED) is 0.774. The van der Waals surface area contributed by atoms with Gasteiger partial charge in [-0.1, -0.05) is 24.3 Å². The van der Waals surface area contributed by atoms with Gasteiger partial charge in [0.2, 0.25) is 5.95 Å². The molecule has 0 amide bonds. The molecule has 0 spiro atoms. The Morgan fingerprint density at radius 1 is 0.960 bits per heavy atom. The fourth-order valence-electron chi connectivity index (χ4n) is 3.28. The fourth-order valence-corrected chi connectivity index (χ4v) is 3.28. The van der Waals surface area contributed by atoms with Gasteiger partial charge in [0.15, 0.2) is 0 Å². The molecule has 1 aliphatic rings. The van der Waals surface area contributed by atoms with Gasteiger partial charge in [-0.3, -0.25) is 0 Å². The van der Waals surface area contributed by atoms with Crippen LogP contribution in [0.25, 0.3) is 11.3 Å². The molecule has 1 aliphatic heterocycles. The van der Waals surface area contributed by atoms with Crippen molar-refractivity contribution in [2.75, 3.05) is 17.2 Å². The van der Waals surface area contributed by atoms with Crippen molar-refractivity contribution in [3.63, 3.8) is 0 Å². The van der Waals surface area contributed by atoms with E-state index in [1.807, 2.05) is 6.07 Å². The second-order valence-electron chi connectivity index (χ2n) is 6.27. The second-order valence-corrected chi connectivity index (χ2v) is 6.27. The Morgan fingerprint density at radius 2 is 1.72 bits per heavy atom. The van der Waals surface area contributed by atoms with Gasteiger partial charge in [0.1, 0.15) is 11.6 Å². The molecule has 4 rings (SSSR count). The standard InChI is InChI=1S/C20H19FN4/c21-17-9-7-15(8-10-17)18-12-19(24-20(22)23-18)25-11-3-6-14-4-1-2-5-16(14)13-25/h1-2,4-5,7-10,12H,3,6,11,13H2,(H2,22,23,24). The zero-order valence-electron chi connectivity index (χ0n) is 13.8. The van der Waals surface area contributed by atoms with Gasteiger partial charge in [0.05, 0.1) is 5.69 Å². The largest absolute Gasteiger partial charge is 0.368 e. The van der Waals surface area contributed by atoms with E-state index < -0.39 is 0 Å². The molecule has 2 aromatic carbocycles. The molecule has 1 aromatic heterocycles. The fraction of sp³-hybridized carbons (Fsp3) is 0.200. The van der Waals surface area contributed by atoms with E-state index in [0.29, 0.717) is 5.69 Å². The number of nitrogens with two attached hydrogens (primary N) is 1. The highest BCUT2D eigenvalue weighted by atomic mass is 19.1. The lowest BCUT2D eigenvalue weighted by atomic mass is 10.0. The third-order valence-electron chi connectivity index (χ3n) is 4.55. The van der Waals surface area contributed by atoms with Gasteiger partial charge in [0, 0.05) is 24.7 Å². The Bertz CT molecular complexity index is 892. The smallest absolute Gasteiger partial charge is 0.222 e. The van der Waals surface area contributed by atoms with Crippen LogP contribution in [0, 0.1) is 5.82 Å². The SMILES string of the molecule is Nc1nc(-c2ccc(F)cc2)cc(N2CCCc3ccccc3C2)n1. The molecule has 4 nitrogen and oxygen atoms in total. The number of benzene rings is 2. The zero-order chi connectivity index (χ0) is 17.2. The van der Waals surface area contributed by atoms with Crippen LogP contribution < -0.4 is 10.6 Å². The minimum absolute atomic E-state index is 0.231. The number of fused-ring (bicyclic) bond motifs is 1. The number of rotatable bonds is 2. The maximum Gasteiger partial charge on any atom is 0.222 e. The number of hydrogen-bond donors (Lipinski definition) is 1. The lowest BCUT2D eigenvalue weighted by Crippen LogP contribution is -2.24. The summed E-state index contributed by atoms with van der Waals surface area (Å²) < 4.78 is 13.2. The topological polar surface area (TPSA) is 55.0 Å². The predicted molar refractivity (Wildman–Crippen MR) is 97.7 cm³/mol. The molecule has 0 aliphatic carbocycles. The first-order chi connectivity index (χ1) is 12.2. The Kier molecular flexibility index (Phi) is 4.06. The minimum atomic E-state index is -0.268. The number of halogens is 1. The maximum absolute atomic E-state index is 13.2. The normalized spacial score (nSPS) is 14.0. The summed E-state index contributed by atoms with van der Waals surface area (Å²) in [7, 11) is 0. The van der Waals surface area contributed by atoms with Crippen molar-refractivity contribution in [1.82, 2.24) is 9.97 Å². The van der Waals surface area contributed by atoms with Gasteiger partial charge < -0.3 is 10.6 Å². The van der Waals surface area contributed by atoms with E-state index in [1.54, 1.807) is 12.1 Å². The lowest BCUT2D eigenvalue weighted by Gasteiger charge is -2.22. The number of hydrogen-bond acceptors (Lipinski definition) is 4. The van der Waals surface area contributed by atoms with Crippen LogP contribution >= 0.6 is 0 Å². The van der Waals surface area contributed by atoms with Crippen LogP contribution in [0.4, 0.5) is 16.2 Å². The molecule has 0 saturated heterocycles. The van der Waals surface area contributed by atoms with Gasteiger partial charge >= 0.3 is 0 Å². The van der Waals surface area contributed by atoms with Gasteiger partial charge in [-0.15, -0.1) is 0 Å². The first-order valence-electron chi connectivity index (χ1n) is 8.41. The Morgan fingerprint density at radius 3 is 2.52 bits per heavy atom. The molecule has 5 heteroatoms. The summed E-state index contributed by atoms with van der Waals surface area (Å²) in [6, 6.07) is 16.7. The summed E-state index contributed by atoms with van der Waals surface area (Å²) in [5.74, 6) is 0.771. The van der Waals surface area contributed by atoms with Crippen LogP contribution in [0.1, 0.15) is 17.5 Å². The van der Waals surface area contributed by atoms with Crippen molar-refractivity contribution in [2.45, 2.75) is 19.4 Å². The van der Waals surface area contributed by atoms with E-state index in [0.717, 1.165) is 37.3 Å². The molecule has 0 radical (unpaired) electrons. The van der Waals surface area contributed by atoms with E-state index in [2.05, 4.69) is 39.1 Å². The number of anilines is 2. The van der Waals surface area contributed by atoms with Crippen molar-refractivity contribution in [1.29, 1.82) is 0 Å². The average molecular weight is 334 g/mol. The van der Waals surface area contributed by atoms with Gasteiger partial charge in [-0.25, -0.2) is 9.37 Å². The summed E-state index contributed by atoms with van der Waals surface area (Å²) in [5.41, 5.74) is 10.2. The summed E-state index contributed by atoms with van der Waals surface area (Å²) >= 11 is 0. The lowest BCUT2D eigenvalue weighted by molar-refractivity contribution is 0.628. The second kappa shape index (κ2) is 6.51. The Labute approximate surface area is 146 Å². The average Bonchev–Trinajstić information content (AvgIpc) is 2.84. The van der Waals surface area contributed by atoms with Crippen molar-refractivity contribution < 1.29 is 4.39 Å². The summed E-state index contributed by atoms with van der Waals surface area (Å²) in [6.07, 6.45) is 2.13. The van der Waals surface area contributed by atoms with Crippen LogP contribution in [0.2, 0.25) is 0 Å².